The number of hydrogen-bond donors (Lipinski definition) is 1. The van der Waals surface area contributed by atoms with Crippen LogP contribution in [0.5, 0.6) is 0 Å². The van der Waals surface area contributed by atoms with Crippen LogP contribution in [0.25, 0.3) is 0 Å². The first kappa shape index (κ1) is 13.0. The molecule has 1 aliphatic heterocycles. The predicted molar refractivity (Wildman–Crippen MR) is 66.0 cm³/mol. The molecule has 0 atom stereocenters. The summed E-state index contributed by atoms with van der Waals surface area (Å²) in [6, 6.07) is 4.51. The quantitative estimate of drug-likeness (QED) is 0.893. The number of amides is 1. The Morgan fingerprint density at radius 1 is 1.39 bits per heavy atom. The third kappa shape index (κ3) is 2.22. The van der Waals surface area contributed by atoms with Crippen molar-refractivity contribution >= 4 is 11.6 Å². The first-order valence-corrected chi connectivity index (χ1v) is 5.88. The Balaban J connectivity index is 2.36. The van der Waals surface area contributed by atoms with E-state index in [0.717, 1.165) is 11.3 Å². The molecule has 1 amide bonds. The van der Waals surface area contributed by atoms with E-state index in [1.54, 1.807) is 13.1 Å². The van der Waals surface area contributed by atoms with Gasteiger partial charge in [-0.1, -0.05) is 6.07 Å². The summed E-state index contributed by atoms with van der Waals surface area (Å²) < 4.78 is 27.5. The van der Waals surface area contributed by atoms with E-state index in [1.807, 2.05) is 0 Å². The van der Waals surface area contributed by atoms with Crippen molar-refractivity contribution in [3.63, 3.8) is 0 Å². The predicted octanol–water partition coefficient (Wildman–Crippen LogP) is 1.91. The van der Waals surface area contributed by atoms with Gasteiger partial charge in [0.15, 0.2) is 0 Å². The largest absolute Gasteiger partial charge is 0.315 e. The van der Waals surface area contributed by atoms with E-state index in [-0.39, 0.29) is 18.0 Å². The molecule has 0 spiro atoms. The van der Waals surface area contributed by atoms with E-state index >= 15 is 0 Å². The highest BCUT2D eigenvalue weighted by atomic mass is 19.3. The minimum atomic E-state index is -2.89. The number of alkyl halides is 2. The second-order valence-corrected chi connectivity index (χ2v) is 4.53. The normalized spacial score (nSPS) is 15.8. The number of anilines is 1. The van der Waals surface area contributed by atoms with E-state index in [0.29, 0.717) is 12.8 Å². The molecule has 0 aliphatic carbocycles. The fourth-order valence-electron chi connectivity index (χ4n) is 2.21. The molecule has 0 aromatic heterocycles. The molecule has 18 heavy (non-hydrogen) atoms. The Hall–Kier alpha value is -1.49. The maximum absolute atomic E-state index is 13.8. The average molecular weight is 254 g/mol. The molecular weight excluding hydrogens is 238 g/mol. The number of carbonyl (C=O) groups excluding carboxylic acids is 1. The van der Waals surface area contributed by atoms with Crippen molar-refractivity contribution in [3.8, 4) is 0 Å². The van der Waals surface area contributed by atoms with Gasteiger partial charge in [-0.25, -0.2) is 0 Å². The summed E-state index contributed by atoms with van der Waals surface area (Å²) in [5, 5.41) is 2.49. The lowest BCUT2D eigenvalue weighted by atomic mass is 9.97. The number of fused-ring (bicyclic) bond motifs is 1. The van der Waals surface area contributed by atoms with E-state index < -0.39 is 5.92 Å². The van der Waals surface area contributed by atoms with E-state index in [9.17, 15) is 13.6 Å². The fraction of sp³-hybridized carbons (Fsp3) is 0.462. The van der Waals surface area contributed by atoms with Gasteiger partial charge in [-0.3, -0.25) is 4.79 Å². The van der Waals surface area contributed by atoms with Crippen molar-refractivity contribution in [1.29, 1.82) is 0 Å². The molecule has 0 saturated heterocycles. The highest BCUT2D eigenvalue weighted by Crippen LogP contribution is 2.33. The Labute approximate surface area is 105 Å². The van der Waals surface area contributed by atoms with Crippen LogP contribution in [0.4, 0.5) is 14.5 Å². The number of carbonyl (C=O) groups is 1. The van der Waals surface area contributed by atoms with E-state index in [1.165, 1.54) is 24.1 Å². The summed E-state index contributed by atoms with van der Waals surface area (Å²) in [5.74, 6) is -2.86. The van der Waals surface area contributed by atoms with Crippen LogP contribution >= 0.6 is 0 Å². The van der Waals surface area contributed by atoms with Crippen LogP contribution in [0.3, 0.4) is 0 Å². The number of hydrogen-bond acceptors (Lipinski definition) is 2. The maximum Gasteiger partial charge on any atom is 0.285 e. The number of rotatable bonds is 3. The van der Waals surface area contributed by atoms with Crippen LogP contribution in [-0.4, -0.2) is 26.5 Å². The molecule has 1 aromatic carbocycles. The van der Waals surface area contributed by atoms with Crippen LogP contribution < -0.4 is 10.2 Å². The molecule has 3 nitrogen and oxygen atoms in total. The highest BCUT2D eigenvalue weighted by molar-refractivity contribution is 5.95. The summed E-state index contributed by atoms with van der Waals surface area (Å²) in [4.78, 5) is 13.0. The first-order chi connectivity index (χ1) is 8.45. The molecule has 1 aromatic rings. The van der Waals surface area contributed by atoms with Gasteiger partial charge in [0, 0.05) is 24.7 Å². The van der Waals surface area contributed by atoms with E-state index in [4.69, 9.17) is 0 Å². The summed E-state index contributed by atoms with van der Waals surface area (Å²) in [5.41, 5.74) is 1.54. The third-order valence-corrected chi connectivity index (χ3v) is 3.24. The third-order valence-electron chi connectivity index (χ3n) is 3.24. The second-order valence-electron chi connectivity index (χ2n) is 4.53. The standard InChI is InChI=1S/C13H16F2N2O/c1-16-8-13(14,15)10-4-5-11-9(7-10)3-6-12(18)17(11)2/h4-5,7,16H,3,6,8H2,1-2H3. The Bertz CT molecular complexity index is 474. The van der Waals surface area contributed by atoms with Crippen LogP contribution in [0, 0.1) is 0 Å². The van der Waals surface area contributed by atoms with Crippen molar-refractivity contribution in [3.05, 3.63) is 29.3 Å². The van der Waals surface area contributed by atoms with Gasteiger partial charge in [0.2, 0.25) is 5.91 Å². The molecule has 0 radical (unpaired) electrons. The Morgan fingerprint density at radius 2 is 2.11 bits per heavy atom. The molecule has 1 aliphatic rings. The molecule has 0 saturated carbocycles. The zero-order valence-corrected chi connectivity index (χ0v) is 10.5. The number of nitrogens with zero attached hydrogens (tertiary/aromatic N) is 1. The fourth-order valence-corrected chi connectivity index (χ4v) is 2.21. The van der Waals surface area contributed by atoms with Crippen LogP contribution in [0.15, 0.2) is 18.2 Å². The molecule has 1 heterocycles. The minimum absolute atomic E-state index is 0.00153. The van der Waals surface area contributed by atoms with Gasteiger partial charge >= 0.3 is 0 Å². The number of likely N-dealkylation sites (N-methyl/N-ethyl adjacent to an activating group) is 1. The summed E-state index contributed by atoms with van der Waals surface area (Å²) in [6.45, 7) is -0.388. The van der Waals surface area contributed by atoms with Gasteiger partial charge in [0.25, 0.3) is 5.92 Å². The van der Waals surface area contributed by atoms with Crippen molar-refractivity contribution in [2.24, 2.45) is 0 Å². The topological polar surface area (TPSA) is 32.3 Å². The average Bonchev–Trinajstić information content (AvgIpc) is 2.33. The first-order valence-electron chi connectivity index (χ1n) is 5.88. The monoisotopic (exact) mass is 254 g/mol. The SMILES string of the molecule is CNCC(F)(F)c1ccc2c(c1)CCC(=O)N2C. The maximum atomic E-state index is 13.8. The van der Waals surface area contributed by atoms with Crippen LogP contribution in [0.1, 0.15) is 17.5 Å². The number of nitrogens with one attached hydrogen (secondary N) is 1. The lowest BCUT2D eigenvalue weighted by molar-refractivity contribution is -0.118. The summed E-state index contributed by atoms with van der Waals surface area (Å²) in [7, 11) is 3.17. The van der Waals surface area contributed by atoms with E-state index in [2.05, 4.69) is 5.32 Å². The van der Waals surface area contributed by atoms with Gasteiger partial charge in [-0.2, -0.15) is 8.78 Å². The molecule has 2 rings (SSSR count). The number of halogens is 2. The van der Waals surface area contributed by atoms with Crippen molar-refractivity contribution in [2.45, 2.75) is 18.8 Å². The van der Waals surface area contributed by atoms with Gasteiger partial charge in [-0.15, -0.1) is 0 Å². The molecular formula is C13H16F2N2O. The van der Waals surface area contributed by atoms with Crippen molar-refractivity contribution in [1.82, 2.24) is 5.32 Å². The highest BCUT2D eigenvalue weighted by Gasteiger charge is 2.32. The summed E-state index contributed by atoms with van der Waals surface area (Å²) in [6.07, 6.45) is 0.909. The zero-order valence-electron chi connectivity index (χ0n) is 10.5. The van der Waals surface area contributed by atoms with Crippen LogP contribution in [0.2, 0.25) is 0 Å². The van der Waals surface area contributed by atoms with Crippen molar-refractivity contribution in [2.75, 3.05) is 25.5 Å². The molecule has 5 heteroatoms. The molecule has 0 unspecified atom stereocenters. The lowest BCUT2D eigenvalue weighted by Crippen LogP contribution is -2.32. The van der Waals surface area contributed by atoms with Crippen molar-refractivity contribution < 1.29 is 13.6 Å². The molecule has 0 fully saturated rings. The Morgan fingerprint density at radius 3 is 2.78 bits per heavy atom. The van der Waals surface area contributed by atoms with Crippen LogP contribution in [-0.2, 0) is 17.1 Å². The van der Waals surface area contributed by atoms with Gasteiger partial charge < -0.3 is 10.2 Å². The number of benzene rings is 1. The zero-order chi connectivity index (χ0) is 13.3. The van der Waals surface area contributed by atoms with Gasteiger partial charge in [-0.05, 0) is 31.2 Å². The Kier molecular flexibility index (Phi) is 3.34. The van der Waals surface area contributed by atoms with Gasteiger partial charge in [0.1, 0.15) is 0 Å². The smallest absolute Gasteiger partial charge is 0.285 e. The second kappa shape index (κ2) is 4.65. The molecule has 0 bridgehead atoms. The number of aryl methyl sites for hydroxylation is 1. The summed E-state index contributed by atoms with van der Waals surface area (Å²) >= 11 is 0. The minimum Gasteiger partial charge on any atom is -0.315 e. The van der Waals surface area contributed by atoms with Gasteiger partial charge in [0.05, 0.1) is 6.54 Å². The molecule has 98 valence electrons. The molecule has 1 N–H and O–H groups in total. The lowest BCUT2D eigenvalue weighted by Gasteiger charge is -2.27.